The summed E-state index contributed by atoms with van der Waals surface area (Å²) in [5, 5.41) is 10.5. The van der Waals surface area contributed by atoms with Gasteiger partial charge in [-0.3, -0.25) is 4.79 Å². The van der Waals surface area contributed by atoms with Gasteiger partial charge in [-0.2, -0.15) is 0 Å². The number of hydrogen-bond acceptors (Lipinski definition) is 5. The number of fused-ring (bicyclic) bond motifs is 2. The number of hydrogen-bond donors (Lipinski definition) is 2. The van der Waals surface area contributed by atoms with Gasteiger partial charge < -0.3 is 15.2 Å². The lowest BCUT2D eigenvalue weighted by atomic mass is 10.00. The fourth-order valence-electron chi connectivity index (χ4n) is 3.38. The second-order valence-corrected chi connectivity index (χ2v) is 7.67. The monoisotopic (exact) mass is 373 g/mol. The highest BCUT2D eigenvalue weighted by atomic mass is 35.5. The van der Waals surface area contributed by atoms with Crippen LogP contribution >= 0.6 is 35.3 Å². The van der Waals surface area contributed by atoms with Crippen molar-refractivity contribution in [2.24, 2.45) is 0 Å². The van der Waals surface area contributed by atoms with E-state index < -0.39 is 0 Å². The molecule has 0 spiro atoms. The first kappa shape index (κ1) is 16.8. The molecule has 4 rings (SSSR count). The van der Waals surface area contributed by atoms with Gasteiger partial charge in [0, 0.05) is 24.2 Å². The lowest BCUT2D eigenvalue weighted by molar-refractivity contribution is 0.0915. The summed E-state index contributed by atoms with van der Waals surface area (Å²) in [5.74, 6) is 0.413. The fraction of sp³-hybridized carbons (Fsp3) is 0.467. The zero-order valence-corrected chi connectivity index (χ0v) is 14.6. The van der Waals surface area contributed by atoms with Crippen LogP contribution in [0, 0.1) is 0 Å². The summed E-state index contributed by atoms with van der Waals surface area (Å²) >= 11 is 7.32. The van der Waals surface area contributed by atoms with E-state index in [9.17, 15) is 4.79 Å². The van der Waals surface area contributed by atoms with Gasteiger partial charge in [0.15, 0.2) is 11.5 Å². The first-order chi connectivity index (χ1) is 10.7. The Bertz CT molecular complexity index is 690. The number of carbonyl (C=O) groups is 1. The topological polar surface area (TPSA) is 67.2 Å². The Morgan fingerprint density at radius 3 is 2.74 bits per heavy atom. The van der Waals surface area contributed by atoms with Crippen molar-refractivity contribution in [3.05, 3.63) is 28.2 Å². The molecule has 8 heteroatoms. The highest BCUT2D eigenvalue weighted by Gasteiger charge is 2.34. The van der Waals surface area contributed by atoms with Crippen molar-refractivity contribution >= 4 is 41.3 Å². The van der Waals surface area contributed by atoms with Crippen LogP contribution in [0.4, 0.5) is 0 Å². The number of aromatic nitrogens is 1. The van der Waals surface area contributed by atoms with Crippen LogP contribution < -0.4 is 10.6 Å². The third-order valence-electron chi connectivity index (χ3n) is 4.37. The number of rotatable bonds is 3. The van der Waals surface area contributed by atoms with Crippen molar-refractivity contribution in [2.75, 3.05) is 0 Å². The molecule has 2 N–H and O–H groups in total. The Hall–Kier alpha value is -1.08. The molecule has 2 aliphatic rings. The first-order valence-corrected chi connectivity index (χ1v) is 8.66. The quantitative estimate of drug-likeness (QED) is 0.863. The molecule has 124 valence electrons. The molecule has 2 fully saturated rings. The Kier molecular flexibility index (Phi) is 4.96. The third kappa shape index (κ3) is 3.55. The van der Waals surface area contributed by atoms with Crippen LogP contribution in [0.1, 0.15) is 36.2 Å². The van der Waals surface area contributed by atoms with Crippen LogP contribution in [0.15, 0.2) is 22.7 Å². The van der Waals surface area contributed by atoms with E-state index in [-0.39, 0.29) is 24.4 Å². The van der Waals surface area contributed by atoms with Crippen LogP contribution in [0.2, 0.25) is 4.34 Å². The summed E-state index contributed by atoms with van der Waals surface area (Å²) in [7, 11) is 0. The number of piperidine rings is 1. The second kappa shape index (κ2) is 6.81. The molecule has 2 atom stereocenters. The van der Waals surface area contributed by atoms with E-state index in [4.69, 9.17) is 16.1 Å². The van der Waals surface area contributed by atoms with Crippen molar-refractivity contribution in [2.45, 2.75) is 43.8 Å². The first-order valence-electron chi connectivity index (χ1n) is 7.47. The van der Waals surface area contributed by atoms with Crippen LogP contribution in [0.25, 0.3) is 10.6 Å². The Morgan fingerprint density at radius 1 is 1.35 bits per heavy atom. The predicted octanol–water partition coefficient (Wildman–Crippen LogP) is 3.49. The highest BCUT2D eigenvalue weighted by Crippen LogP contribution is 2.31. The van der Waals surface area contributed by atoms with Crippen molar-refractivity contribution in [3.63, 3.8) is 0 Å². The Morgan fingerprint density at radius 2 is 2.09 bits per heavy atom. The normalized spacial score (nSPS) is 25.9. The molecule has 2 aromatic heterocycles. The van der Waals surface area contributed by atoms with E-state index in [2.05, 4.69) is 15.8 Å². The minimum Gasteiger partial charge on any atom is -0.355 e. The van der Waals surface area contributed by atoms with Crippen LogP contribution in [-0.2, 0) is 0 Å². The summed E-state index contributed by atoms with van der Waals surface area (Å²) in [4.78, 5) is 13.2. The van der Waals surface area contributed by atoms with Gasteiger partial charge in [-0.1, -0.05) is 16.8 Å². The van der Waals surface area contributed by atoms with E-state index >= 15 is 0 Å². The Labute approximate surface area is 149 Å². The SMILES string of the molecule is Cl.O=C(NC1CC2CCC(C1)N2)c1cc(-c2ccc(Cl)s2)on1. The molecule has 2 saturated heterocycles. The summed E-state index contributed by atoms with van der Waals surface area (Å²) in [6.45, 7) is 0. The maximum atomic E-state index is 12.3. The molecule has 23 heavy (non-hydrogen) atoms. The van der Waals surface area contributed by atoms with Crippen molar-refractivity contribution in [1.82, 2.24) is 15.8 Å². The minimum absolute atomic E-state index is 0. The molecule has 2 aliphatic heterocycles. The van der Waals surface area contributed by atoms with Gasteiger partial charge >= 0.3 is 0 Å². The minimum atomic E-state index is -0.163. The summed E-state index contributed by atoms with van der Waals surface area (Å²) in [6.07, 6.45) is 4.41. The predicted molar refractivity (Wildman–Crippen MR) is 92.5 cm³/mol. The molecule has 4 heterocycles. The van der Waals surface area contributed by atoms with E-state index in [0.717, 1.165) is 17.7 Å². The average Bonchev–Trinajstić information content (AvgIpc) is 3.19. The molecule has 0 radical (unpaired) electrons. The fourth-order valence-corrected chi connectivity index (χ4v) is 4.37. The van der Waals surface area contributed by atoms with E-state index in [1.165, 1.54) is 24.2 Å². The van der Waals surface area contributed by atoms with Crippen LogP contribution in [0.5, 0.6) is 0 Å². The number of nitrogens with zero attached hydrogens (tertiary/aromatic N) is 1. The van der Waals surface area contributed by atoms with Gasteiger partial charge in [0.25, 0.3) is 5.91 Å². The maximum absolute atomic E-state index is 12.3. The van der Waals surface area contributed by atoms with Gasteiger partial charge in [-0.05, 0) is 37.8 Å². The Balaban J connectivity index is 0.00000156. The van der Waals surface area contributed by atoms with Crippen molar-refractivity contribution < 1.29 is 9.32 Å². The van der Waals surface area contributed by atoms with E-state index in [0.29, 0.717) is 27.9 Å². The molecule has 2 aromatic rings. The van der Waals surface area contributed by atoms with Crippen molar-refractivity contribution in [3.8, 4) is 10.6 Å². The molecule has 5 nitrogen and oxygen atoms in total. The average molecular weight is 374 g/mol. The summed E-state index contributed by atoms with van der Waals surface area (Å²) in [5.41, 5.74) is 0.324. The largest absolute Gasteiger partial charge is 0.355 e. The third-order valence-corrected chi connectivity index (χ3v) is 5.61. The molecule has 0 aromatic carbocycles. The molecular weight excluding hydrogens is 357 g/mol. The van der Waals surface area contributed by atoms with Crippen molar-refractivity contribution in [1.29, 1.82) is 0 Å². The van der Waals surface area contributed by atoms with E-state index in [1.54, 1.807) is 12.1 Å². The number of amides is 1. The van der Waals surface area contributed by atoms with Crippen LogP contribution in [-0.4, -0.2) is 29.2 Å². The number of carbonyl (C=O) groups excluding carboxylic acids is 1. The molecular formula is C15H17Cl2N3O2S. The summed E-state index contributed by atoms with van der Waals surface area (Å²) < 4.78 is 5.94. The zero-order chi connectivity index (χ0) is 15.1. The highest BCUT2D eigenvalue weighted by molar-refractivity contribution is 7.19. The second-order valence-electron chi connectivity index (χ2n) is 5.96. The number of halogens is 2. The molecule has 1 amide bonds. The lowest BCUT2D eigenvalue weighted by Gasteiger charge is -2.29. The lowest BCUT2D eigenvalue weighted by Crippen LogP contribution is -2.48. The van der Waals surface area contributed by atoms with Gasteiger partial charge in [0.2, 0.25) is 0 Å². The van der Waals surface area contributed by atoms with Gasteiger partial charge in [0.05, 0.1) is 9.21 Å². The zero-order valence-electron chi connectivity index (χ0n) is 12.3. The number of nitrogens with one attached hydrogen (secondary N) is 2. The van der Waals surface area contributed by atoms with Gasteiger partial charge in [-0.15, -0.1) is 23.7 Å². The number of thiophene rings is 1. The summed E-state index contributed by atoms with van der Waals surface area (Å²) in [6, 6.07) is 6.65. The van der Waals surface area contributed by atoms with Gasteiger partial charge in [-0.25, -0.2) is 0 Å². The van der Waals surface area contributed by atoms with E-state index in [1.807, 2.05) is 6.07 Å². The van der Waals surface area contributed by atoms with Crippen LogP contribution in [0.3, 0.4) is 0 Å². The maximum Gasteiger partial charge on any atom is 0.273 e. The smallest absolute Gasteiger partial charge is 0.273 e. The molecule has 0 saturated carbocycles. The van der Waals surface area contributed by atoms with Gasteiger partial charge in [0.1, 0.15) is 0 Å². The molecule has 2 bridgehead atoms. The standard InChI is InChI=1S/C15H16ClN3O2S.ClH/c16-14-4-3-13(22-14)12-7-11(19-21-12)15(20)18-10-5-8-1-2-9(6-10)17-8;/h3-4,7-10,17H,1-2,5-6H2,(H,18,20);1H. The molecule has 0 aliphatic carbocycles. The molecule has 2 unspecified atom stereocenters.